The third-order valence-electron chi connectivity index (χ3n) is 3.03. The zero-order valence-corrected chi connectivity index (χ0v) is 15.7. The summed E-state index contributed by atoms with van der Waals surface area (Å²) in [4.78, 5) is 0. The van der Waals surface area contributed by atoms with Crippen LogP contribution in [0, 0.1) is 5.82 Å². The summed E-state index contributed by atoms with van der Waals surface area (Å²) < 4.78 is 15.7. The minimum Gasteiger partial charge on any atom is -0.306 e. The number of hydrogen-bond acceptors (Lipinski definition) is 1. The zero-order chi connectivity index (χ0) is 15.6. The van der Waals surface area contributed by atoms with E-state index in [2.05, 4.69) is 37.2 Å². The molecule has 6 heteroatoms. The SMILES string of the molecule is CCNC(c1cc(Cl)c(Br)cc1F)c1ccc(Br)cc1Cl. The Morgan fingerprint density at radius 1 is 1.10 bits per heavy atom. The number of rotatable bonds is 4. The molecule has 0 heterocycles. The van der Waals surface area contributed by atoms with Gasteiger partial charge in [-0.1, -0.05) is 52.1 Å². The fourth-order valence-corrected chi connectivity index (χ4v) is 3.36. The Kier molecular flexibility index (Phi) is 6.09. The van der Waals surface area contributed by atoms with Crippen molar-refractivity contribution >= 4 is 55.1 Å². The predicted octanol–water partition coefficient (Wildman–Crippen LogP) is 6.36. The quantitative estimate of drug-likeness (QED) is 0.529. The van der Waals surface area contributed by atoms with Crippen LogP contribution in [-0.2, 0) is 0 Å². The van der Waals surface area contributed by atoms with E-state index < -0.39 is 0 Å². The monoisotopic (exact) mass is 453 g/mol. The predicted molar refractivity (Wildman–Crippen MR) is 93.8 cm³/mol. The van der Waals surface area contributed by atoms with Crippen LogP contribution in [0.2, 0.25) is 10.0 Å². The Bertz CT molecular complexity index is 664. The Morgan fingerprint density at radius 3 is 2.43 bits per heavy atom. The summed E-state index contributed by atoms with van der Waals surface area (Å²) in [5.41, 5.74) is 1.27. The average molecular weight is 456 g/mol. The lowest BCUT2D eigenvalue weighted by Gasteiger charge is -2.21. The molecule has 0 bridgehead atoms. The van der Waals surface area contributed by atoms with Gasteiger partial charge in [0.25, 0.3) is 0 Å². The van der Waals surface area contributed by atoms with Crippen molar-refractivity contribution in [2.45, 2.75) is 13.0 Å². The van der Waals surface area contributed by atoms with Gasteiger partial charge in [0.05, 0.1) is 11.1 Å². The van der Waals surface area contributed by atoms with Crippen LogP contribution in [0.25, 0.3) is 0 Å². The van der Waals surface area contributed by atoms with Crippen molar-refractivity contribution in [1.29, 1.82) is 0 Å². The molecule has 0 aliphatic carbocycles. The molecule has 0 amide bonds. The molecule has 21 heavy (non-hydrogen) atoms. The van der Waals surface area contributed by atoms with Crippen molar-refractivity contribution in [2.75, 3.05) is 6.54 Å². The summed E-state index contributed by atoms with van der Waals surface area (Å²) in [5.74, 6) is -0.337. The molecule has 2 aromatic rings. The summed E-state index contributed by atoms with van der Waals surface area (Å²) in [7, 11) is 0. The molecule has 1 unspecified atom stereocenters. The van der Waals surface area contributed by atoms with E-state index in [1.807, 2.05) is 19.1 Å². The van der Waals surface area contributed by atoms with Crippen LogP contribution < -0.4 is 5.32 Å². The Labute approximate surface area is 150 Å². The average Bonchev–Trinajstić information content (AvgIpc) is 2.41. The van der Waals surface area contributed by atoms with Crippen LogP contribution in [0.1, 0.15) is 24.1 Å². The minimum atomic E-state index is -0.360. The second-order valence-corrected chi connectivity index (χ2v) is 7.03. The Balaban J connectivity index is 2.55. The van der Waals surface area contributed by atoms with Gasteiger partial charge in [0.15, 0.2) is 0 Å². The van der Waals surface area contributed by atoms with Crippen LogP contribution in [0.3, 0.4) is 0 Å². The van der Waals surface area contributed by atoms with Gasteiger partial charge in [-0.15, -0.1) is 0 Å². The van der Waals surface area contributed by atoms with Crippen LogP contribution >= 0.6 is 55.1 Å². The third kappa shape index (κ3) is 3.99. The fourth-order valence-electron chi connectivity index (χ4n) is 2.09. The van der Waals surface area contributed by atoms with Gasteiger partial charge < -0.3 is 5.32 Å². The molecule has 0 saturated heterocycles. The third-order valence-corrected chi connectivity index (χ3v) is 5.05. The van der Waals surface area contributed by atoms with E-state index in [0.717, 1.165) is 10.0 Å². The van der Waals surface area contributed by atoms with Crippen molar-refractivity contribution in [2.24, 2.45) is 0 Å². The Morgan fingerprint density at radius 2 is 1.81 bits per heavy atom. The van der Waals surface area contributed by atoms with Gasteiger partial charge in [0.2, 0.25) is 0 Å². The number of hydrogen-bond donors (Lipinski definition) is 1. The number of benzene rings is 2. The molecule has 2 aromatic carbocycles. The van der Waals surface area contributed by atoms with Crippen molar-refractivity contribution in [3.8, 4) is 0 Å². The highest BCUT2D eigenvalue weighted by Gasteiger charge is 2.21. The summed E-state index contributed by atoms with van der Waals surface area (Å²) >= 11 is 19.0. The lowest BCUT2D eigenvalue weighted by molar-refractivity contribution is 0.558. The topological polar surface area (TPSA) is 12.0 Å². The van der Waals surface area contributed by atoms with Crippen LogP contribution in [0.15, 0.2) is 39.3 Å². The molecule has 0 spiro atoms. The smallest absolute Gasteiger partial charge is 0.129 e. The van der Waals surface area contributed by atoms with E-state index in [0.29, 0.717) is 26.6 Å². The first kappa shape index (κ1) is 17.2. The Hall–Kier alpha value is -0.130. The highest BCUT2D eigenvalue weighted by molar-refractivity contribution is 9.10. The molecule has 1 N–H and O–H groups in total. The first-order chi connectivity index (χ1) is 9.93. The van der Waals surface area contributed by atoms with E-state index in [1.54, 1.807) is 12.1 Å². The van der Waals surface area contributed by atoms with Crippen LogP contribution in [0.4, 0.5) is 4.39 Å². The molecule has 112 valence electrons. The lowest BCUT2D eigenvalue weighted by Crippen LogP contribution is -2.23. The highest BCUT2D eigenvalue weighted by Crippen LogP contribution is 2.35. The van der Waals surface area contributed by atoms with Gasteiger partial charge in [-0.3, -0.25) is 0 Å². The summed E-state index contributed by atoms with van der Waals surface area (Å²) in [6.07, 6.45) is 0. The van der Waals surface area contributed by atoms with Gasteiger partial charge >= 0.3 is 0 Å². The van der Waals surface area contributed by atoms with E-state index in [1.165, 1.54) is 6.07 Å². The minimum absolute atomic E-state index is 0.337. The molecular formula is C15H12Br2Cl2FN. The highest BCUT2D eigenvalue weighted by atomic mass is 79.9. The molecule has 2 rings (SSSR count). The molecule has 0 fully saturated rings. The second kappa shape index (κ2) is 7.42. The van der Waals surface area contributed by atoms with Crippen molar-refractivity contribution < 1.29 is 4.39 Å². The van der Waals surface area contributed by atoms with E-state index in [4.69, 9.17) is 23.2 Å². The van der Waals surface area contributed by atoms with E-state index in [9.17, 15) is 4.39 Å². The van der Waals surface area contributed by atoms with Crippen molar-refractivity contribution in [3.05, 3.63) is 66.3 Å². The first-order valence-corrected chi connectivity index (χ1v) is 8.61. The molecule has 0 aliphatic rings. The van der Waals surface area contributed by atoms with E-state index in [-0.39, 0.29) is 11.9 Å². The second-order valence-electron chi connectivity index (χ2n) is 4.44. The first-order valence-electron chi connectivity index (χ1n) is 6.26. The molecule has 0 aliphatic heterocycles. The summed E-state index contributed by atoms with van der Waals surface area (Å²) in [6.45, 7) is 2.63. The molecule has 1 atom stereocenters. The lowest BCUT2D eigenvalue weighted by atomic mass is 9.98. The van der Waals surface area contributed by atoms with Crippen molar-refractivity contribution in [1.82, 2.24) is 5.32 Å². The molecular weight excluding hydrogens is 444 g/mol. The van der Waals surface area contributed by atoms with Gasteiger partial charge in [-0.05, 0) is 52.3 Å². The van der Waals surface area contributed by atoms with Gasteiger partial charge in [0.1, 0.15) is 5.82 Å². The maximum atomic E-state index is 14.3. The zero-order valence-electron chi connectivity index (χ0n) is 11.1. The van der Waals surface area contributed by atoms with Crippen LogP contribution in [0.5, 0.6) is 0 Å². The maximum absolute atomic E-state index is 14.3. The fraction of sp³-hybridized carbons (Fsp3) is 0.200. The molecule has 0 aromatic heterocycles. The van der Waals surface area contributed by atoms with Crippen molar-refractivity contribution in [3.63, 3.8) is 0 Å². The standard InChI is InChI=1S/C15H12Br2Cl2FN/c1-2-21-15(9-4-3-8(16)5-12(9)18)10-6-13(19)11(17)7-14(10)20/h3-7,15,21H,2H2,1H3. The molecule has 0 radical (unpaired) electrons. The normalized spacial score (nSPS) is 12.5. The number of nitrogens with one attached hydrogen (secondary N) is 1. The van der Waals surface area contributed by atoms with Gasteiger partial charge in [-0.2, -0.15) is 0 Å². The van der Waals surface area contributed by atoms with Gasteiger partial charge in [0, 0.05) is 19.5 Å². The van der Waals surface area contributed by atoms with Crippen LogP contribution in [-0.4, -0.2) is 6.54 Å². The number of halogens is 5. The van der Waals surface area contributed by atoms with E-state index >= 15 is 0 Å². The molecule has 0 saturated carbocycles. The summed E-state index contributed by atoms with van der Waals surface area (Å²) in [5, 5.41) is 4.27. The summed E-state index contributed by atoms with van der Waals surface area (Å²) in [6, 6.07) is 8.17. The maximum Gasteiger partial charge on any atom is 0.129 e. The largest absolute Gasteiger partial charge is 0.306 e. The van der Waals surface area contributed by atoms with Gasteiger partial charge in [-0.25, -0.2) is 4.39 Å². The molecule has 1 nitrogen and oxygen atoms in total.